The van der Waals surface area contributed by atoms with Crippen LogP contribution in [0.4, 0.5) is 10.9 Å². The largest absolute Gasteiger partial charge is 0.375 e. The van der Waals surface area contributed by atoms with Gasteiger partial charge in [0.15, 0.2) is 10.9 Å². The molecular formula is C15H23ClN6O2S. The van der Waals surface area contributed by atoms with Crippen molar-refractivity contribution in [2.45, 2.75) is 12.6 Å². The number of halogens is 1. The Hall–Kier alpha value is -1.68. The number of morpholine rings is 1. The molecule has 138 valence electrons. The summed E-state index contributed by atoms with van der Waals surface area (Å²) < 4.78 is 7.39. The van der Waals surface area contributed by atoms with Crippen LogP contribution in [0.2, 0.25) is 0 Å². The van der Waals surface area contributed by atoms with Gasteiger partial charge in [-0.2, -0.15) is 0 Å². The number of ether oxygens (including phenoxy) is 1. The molecule has 0 radical (unpaired) electrons. The lowest BCUT2D eigenvalue weighted by molar-refractivity contribution is -0.0262. The molecule has 0 spiro atoms. The van der Waals surface area contributed by atoms with Crippen LogP contribution in [0.3, 0.4) is 0 Å². The molecule has 25 heavy (non-hydrogen) atoms. The molecule has 1 fully saturated rings. The number of nitrogens with zero attached hydrogens (tertiary/aromatic N) is 5. The maximum absolute atomic E-state index is 12.1. The van der Waals surface area contributed by atoms with Gasteiger partial charge < -0.3 is 19.9 Å². The predicted octanol–water partition coefficient (Wildman–Crippen LogP) is 0.578. The maximum Gasteiger partial charge on any atom is 0.293 e. The zero-order valence-electron chi connectivity index (χ0n) is 14.3. The van der Waals surface area contributed by atoms with E-state index in [1.165, 1.54) is 15.9 Å². The highest BCUT2D eigenvalue weighted by Crippen LogP contribution is 2.18. The zero-order chi connectivity index (χ0) is 17.1. The second kappa shape index (κ2) is 8.61. The van der Waals surface area contributed by atoms with E-state index >= 15 is 0 Å². The Bertz CT molecular complexity index is 752. The summed E-state index contributed by atoms with van der Waals surface area (Å²) in [4.78, 5) is 25.8. The van der Waals surface area contributed by atoms with E-state index in [4.69, 9.17) is 10.5 Å². The fourth-order valence-corrected chi connectivity index (χ4v) is 3.52. The number of aromatic nitrogens is 3. The van der Waals surface area contributed by atoms with Gasteiger partial charge in [-0.1, -0.05) is 0 Å². The van der Waals surface area contributed by atoms with Crippen molar-refractivity contribution in [2.75, 3.05) is 43.9 Å². The number of likely N-dealkylation sites (N-methyl/N-ethyl adjacent to an activating group) is 1. The van der Waals surface area contributed by atoms with Gasteiger partial charge in [0.05, 0.1) is 12.7 Å². The van der Waals surface area contributed by atoms with E-state index in [9.17, 15) is 4.79 Å². The number of hydrogen-bond acceptors (Lipinski definition) is 8. The van der Waals surface area contributed by atoms with Gasteiger partial charge in [0.1, 0.15) is 0 Å². The number of hydrogen-bond donors (Lipinski definition) is 1. The molecule has 0 saturated carbocycles. The quantitative estimate of drug-likeness (QED) is 0.803. The summed E-state index contributed by atoms with van der Waals surface area (Å²) in [5, 5.41) is 0.598. The van der Waals surface area contributed by atoms with Crippen LogP contribution < -0.4 is 16.2 Å². The van der Waals surface area contributed by atoms with E-state index in [-0.39, 0.29) is 24.1 Å². The molecule has 1 unspecified atom stereocenters. The SMILES string of the molecule is CN(CC1CN(Cc2cnc(N)s2)CCO1)c1nccn(C)c1=O.Cl. The van der Waals surface area contributed by atoms with Crippen LogP contribution in [0, 0.1) is 0 Å². The van der Waals surface area contributed by atoms with E-state index < -0.39 is 0 Å². The number of thiazole rings is 1. The van der Waals surface area contributed by atoms with Crippen molar-refractivity contribution in [2.24, 2.45) is 7.05 Å². The first-order valence-corrected chi connectivity index (χ1v) is 8.61. The average molecular weight is 387 g/mol. The van der Waals surface area contributed by atoms with Gasteiger partial charge in [-0.05, 0) is 0 Å². The lowest BCUT2D eigenvalue weighted by Crippen LogP contribution is -2.47. The van der Waals surface area contributed by atoms with E-state index in [0.717, 1.165) is 24.5 Å². The van der Waals surface area contributed by atoms with E-state index in [1.807, 2.05) is 18.1 Å². The number of aryl methyl sites for hydroxylation is 1. The summed E-state index contributed by atoms with van der Waals surface area (Å²) in [6, 6.07) is 0. The van der Waals surface area contributed by atoms with Gasteiger partial charge in [-0.15, -0.1) is 23.7 Å². The summed E-state index contributed by atoms with van der Waals surface area (Å²) in [6.07, 6.45) is 5.14. The first kappa shape index (κ1) is 19.6. The van der Waals surface area contributed by atoms with Gasteiger partial charge in [0.2, 0.25) is 0 Å². The molecule has 2 N–H and O–H groups in total. The molecule has 1 aliphatic heterocycles. The van der Waals surface area contributed by atoms with Crippen LogP contribution in [-0.4, -0.2) is 58.8 Å². The summed E-state index contributed by atoms with van der Waals surface area (Å²) in [6.45, 7) is 3.79. The van der Waals surface area contributed by atoms with E-state index in [2.05, 4.69) is 14.9 Å². The van der Waals surface area contributed by atoms with Crippen LogP contribution in [0.25, 0.3) is 0 Å². The molecular weight excluding hydrogens is 364 g/mol. The fraction of sp³-hybridized carbons (Fsp3) is 0.533. The minimum Gasteiger partial charge on any atom is -0.375 e. The molecule has 0 bridgehead atoms. The Morgan fingerprint density at radius 3 is 3.00 bits per heavy atom. The molecule has 1 aliphatic rings. The molecule has 0 aromatic carbocycles. The van der Waals surface area contributed by atoms with Gasteiger partial charge in [-0.25, -0.2) is 9.97 Å². The Balaban J connectivity index is 0.00000225. The third-order valence-corrected chi connectivity index (χ3v) is 4.82. The summed E-state index contributed by atoms with van der Waals surface area (Å²) in [7, 11) is 3.59. The van der Waals surface area contributed by atoms with Crippen LogP contribution in [0.1, 0.15) is 4.88 Å². The minimum absolute atomic E-state index is 0. The zero-order valence-corrected chi connectivity index (χ0v) is 15.9. The Labute approximate surface area is 156 Å². The lowest BCUT2D eigenvalue weighted by Gasteiger charge is -2.34. The van der Waals surface area contributed by atoms with Crippen LogP contribution >= 0.6 is 23.7 Å². The fourth-order valence-electron chi connectivity index (χ4n) is 2.79. The molecule has 0 amide bonds. The number of nitrogen functional groups attached to an aromatic ring is 1. The Morgan fingerprint density at radius 1 is 1.48 bits per heavy atom. The summed E-state index contributed by atoms with van der Waals surface area (Å²) >= 11 is 1.52. The van der Waals surface area contributed by atoms with E-state index in [0.29, 0.717) is 24.1 Å². The highest BCUT2D eigenvalue weighted by Gasteiger charge is 2.23. The molecule has 2 aromatic heterocycles. The molecule has 3 rings (SSSR count). The highest BCUT2D eigenvalue weighted by molar-refractivity contribution is 7.15. The van der Waals surface area contributed by atoms with Crippen molar-refractivity contribution in [3.05, 3.63) is 33.8 Å². The predicted molar refractivity (Wildman–Crippen MR) is 102 cm³/mol. The molecule has 8 nitrogen and oxygen atoms in total. The monoisotopic (exact) mass is 386 g/mol. The molecule has 10 heteroatoms. The third kappa shape index (κ3) is 4.91. The number of rotatable bonds is 5. The van der Waals surface area contributed by atoms with Crippen molar-refractivity contribution in [3.63, 3.8) is 0 Å². The molecule has 1 atom stereocenters. The second-order valence-corrected chi connectivity index (χ2v) is 7.09. The molecule has 1 saturated heterocycles. The number of anilines is 2. The Kier molecular flexibility index (Phi) is 6.77. The highest BCUT2D eigenvalue weighted by atomic mass is 35.5. The van der Waals surface area contributed by atoms with Gasteiger partial charge in [0.25, 0.3) is 5.56 Å². The number of nitrogens with two attached hydrogens (primary N) is 1. The first-order chi connectivity index (χ1) is 11.5. The van der Waals surface area contributed by atoms with E-state index in [1.54, 1.807) is 19.4 Å². The molecule has 0 aliphatic carbocycles. The third-order valence-electron chi connectivity index (χ3n) is 4.01. The van der Waals surface area contributed by atoms with Crippen molar-refractivity contribution < 1.29 is 4.74 Å². The minimum atomic E-state index is -0.104. The summed E-state index contributed by atoms with van der Waals surface area (Å²) in [5.74, 6) is 0.441. The molecule has 2 aromatic rings. The average Bonchev–Trinajstić information content (AvgIpc) is 2.95. The van der Waals surface area contributed by atoms with Gasteiger partial charge in [0, 0.05) is 63.7 Å². The smallest absolute Gasteiger partial charge is 0.293 e. The lowest BCUT2D eigenvalue weighted by atomic mass is 10.2. The van der Waals surface area contributed by atoms with Crippen molar-refractivity contribution in [1.82, 2.24) is 19.4 Å². The summed E-state index contributed by atoms with van der Waals surface area (Å²) in [5.41, 5.74) is 5.58. The standard InChI is InChI=1S/C15H22N6O2S.ClH/c1-19-4-3-17-13(14(19)22)20(2)8-11-9-21(5-6-23-11)10-12-7-18-15(16)24-12;/h3-4,7,11H,5-6,8-10H2,1-2H3,(H2,16,18);1H. The maximum atomic E-state index is 12.1. The van der Waals surface area contributed by atoms with Crippen molar-refractivity contribution >= 4 is 34.7 Å². The van der Waals surface area contributed by atoms with Crippen molar-refractivity contribution in [1.29, 1.82) is 0 Å². The van der Waals surface area contributed by atoms with Crippen LogP contribution in [0.5, 0.6) is 0 Å². The topological polar surface area (TPSA) is 89.5 Å². The first-order valence-electron chi connectivity index (χ1n) is 7.80. The second-order valence-electron chi connectivity index (χ2n) is 5.94. The Morgan fingerprint density at radius 2 is 2.28 bits per heavy atom. The van der Waals surface area contributed by atoms with Gasteiger partial charge >= 0.3 is 0 Å². The normalized spacial score (nSPS) is 17.9. The van der Waals surface area contributed by atoms with Crippen LogP contribution in [-0.2, 0) is 18.3 Å². The van der Waals surface area contributed by atoms with Gasteiger partial charge in [-0.3, -0.25) is 9.69 Å². The van der Waals surface area contributed by atoms with Crippen molar-refractivity contribution in [3.8, 4) is 0 Å². The van der Waals surface area contributed by atoms with Crippen LogP contribution in [0.15, 0.2) is 23.4 Å². The molecule has 3 heterocycles.